The molecule has 0 bridgehead atoms. The van der Waals surface area contributed by atoms with Gasteiger partial charge in [0, 0.05) is 37.9 Å². The van der Waals surface area contributed by atoms with Crippen LogP contribution < -0.4 is 15.5 Å². The molecule has 1 fully saturated rings. The highest BCUT2D eigenvalue weighted by molar-refractivity contribution is 5.52. The van der Waals surface area contributed by atoms with Gasteiger partial charge in [-0.1, -0.05) is 12.1 Å². The maximum absolute atomic E-state index is 5.71. The summed E-state index contributed by atoms with van der Waals surface area (Å²) in [5.41, 5.74) is 8.31. The van der Waals surface area contributed by atoms with Gasteiger partial charge in [0.15, 0.2) is 0 Å². The fourth-order valence-corrected chi connectivity index (χ4v) is 2.55. The second-order valence-electron chi connectivity index (χ2n) is 5.11. The second-order valence-corrected chi connectivity index (χ2v) is 5.11. The molecule has 20 heavy (non-hydrogen) atoms. The number of nitrogens with zero attached hydrogens (tertiary/aromatic N) is 4. The van der Waals surface area contributed by atoms with Gasteiger partial charge in [0.2, 0.25) is 0 Å². The number of rotatable bonds is 2. The summed E-state index contributed by atoms with van der Waals surface area (Å²) in [6, 6.07) is 10.5. The summed E-state index contributed by atoms with van der Waals surface area (Å²) in [5.74, 6) is 1.44. The zero-order valence-corrected chi connectivity index (χ0v) is 11.7. The lowest BCUT2D eigenvalue weighted by Gasteiger charge is -2.36. The van der Waals surface area contributed by atoms with Crippen molar-refractivity contribution >= 4 is 17.3 Å². The molecule has 3 rings (SSSR count). The van der Waals surface area contributed by atoms with Crippen LogP contribution in [0.4, 0.5) is 17.3 Å². The van der Waals surface area contributed by atoms with Crippen molar-refractivity contribution in [1.29, 1.82) is 0 Å². The maximum Gasteiger partial charge on any atom is 0.134 e. The van der Waals surface area contributed by atoms with Crippen LogP contribution in [0, 0.1) is 6.92 Å². The van der Waals surface area contributed by atoms with Crippen molar-refractivity contribution in [1.82, 2.24) is 9.97 Å². The molecule has 104 valence electrons. The summed E-state index contributed by atoms with van der Waals surface area (Å²) in [4.78, 5) is 12.9. The third kappa shape index (κ3) is 2.66. The van der Waals surface area contributed by atoms with E-state index in [-0.39, 0.29) is 0 Å². The van der Waals surface area contributed by atoms with E-state index in [4.69, 9.17) is 5.73 Å². The van der Waals surface area contributed by atoms with Crippen LogP contribution >= 0.6 is 0 Å². The third-order valence-electron chi connectivity index (χ3n) is 3.64. The number of aryl methyl sites for hydroxylation is 1. The zero-order valence-electron chi connectivity index (χ0n) is 11.7. The normalized spacial score (nSPS) is 15.4. The Hall–Kier alpha value is -2.30. The van der Waals surface area contributed by atoms with Gasteiger partial charge in [-0.15, -0.1) is 0 Å². The molecule has 5 heteroatoms. The van der Waals surface area contributed by atoms with Crippen LogP contribution in [0.2, 0.25) is 0 Å². The molecule has 1 aromatic heterocycles. The summed E-state index contributed by atoms with van der Waals surface area (Å²) in [5, 5.41) is 0. The van der Waals surface area contributed by atoms with Crippen LogP contribution in [0.25, 0.3) is 0 Å². The van der Waals surface area contributed by atoms with E-state index in [0.717, 1.165) is 32.0 Å². The Balaban J connectivity index is 1.68. The SMILES string of the molecule is Cc1cccc(N2CCN(c3cc(N)ncn3)CC2)c1. The first-order valence-corrected chi connectivity index (χ1v) is 6.86. The van der Waals surface area contributed by atoms with Gasteiger partial charge in [0.25, 0.3) is 0 Å². The number of piperazine rings is 1. The molecule has 2 N–H and O–H groups in total. The van der Waals surface area contributed by atoms with Crippen molar-refractivity contribution < 1.29 is 0 Å². The Kier molecular flexibility index (Phi) is 3.41. The summed E-state index contributed by atoms with van der Waals surface area (Å²) in [6.45, 7) is 6.01. The molecule has 0 aliphatic carbocycles. The van der Waals surface area contributed by atoms with Crippen LogP contribution in [-0.2, 0) is 0 Å². The van der Waals surface area contributed by atoms with Gasteiger partial charge in [0.1, 0.15) is 18.0 Å². The summed E-state index contributed by atoms with van der Waals surface area (Å²) in [6.07, 6.45) is 1.53. The van der Waals surface area contributed by atoms with Gasteiger partial charge in [-0.2, -0.15) is 0 Å². The van der Waals surface area contributed by atoms with Crippen LogP contribution in [0.15, 0.2) is 36.7 Å². The fourth-order valence-electron chi connectivity index (χ4n) is 2.55. The van der Waals surface area contributed by atoms with Crippen LogP contribution in [0.1, 0.15) is 5.56 Å². The molecule has 0 unspecified atom stereocenters. The standard InChI is InChI=1S/C15H19N5/c1-12-3-2-4-13(9-12)19-5-7-20(8-6-19)15-10-14(16)17-11-18-15/h2-4,9-11H,5-8H2,1H3,(H2,16,17,18). The zero-order chi connectivity index (χ0) is 13.9. The lowest BCUT2D eigenvalue weighted by molar-refractivity contribution is 0.647. The Morgan fingerprint density at radius 3 is 2.45 bits per heavy atom. The van der Waals surface area contributed by atoms with E-state index in [1.54, 1.807) is 0 Å². The van der Waals surface area contributed by atoms with Crippen molar-refractivity contribution in [2.75, 3.05) is 41.7 Å². The van der Waals surface area contributed by atoms with Crippen molar-refractivity contribution in [3.8, 4) is 0 Å². The highest BCUT2D eigenvalue weighted by atomic mass is 15.3. The van der Waals surface area contributed by atoms with E-state index < -0.39 is 0 Å². The lowest BCUT2D eigenvalue weighted by atomic mass is 10.2. The largest absolute Gasteiger partial charge is 0.384 e. The van der Waals surface area contributed by atoms with E-state index >= 15 is 0 Å². The monoisotopic (exact) mass is 269 g/mol. The van der Waals surface area contributed by atoms with Crippen molar-refractivity contribution in [2.45, 2.75) is 6.92 Å². The van der Waals surface area contributed by atoms with Crippen molar-refractivity contribution in [3.63, 3.8) is 0 Å². The Morgan fingerprint density at radius 1 is 1.00 bits per heavy atom. The van der Waals surface area contributed by atoms with E-state index in [1.165, 1.54) is 17.6 Å². The molecule has 0 atom stereocenters. The molecule has 1 aliphatic heterocycles. The van der Waals surface area contributed by atoms with Gasteiger partial charge < -0.3 is 15.5 Å². The Labute approximate surface area is 119 Å². The maximum atomic E-state index is 5.71. The minimum absolute atomic E-state index is 0.524. The van der Waals surface area contributed by atoms with Gasteiger partial charge in [-0.25, -0.2) is 9.97 Å². The third-order valence-corrected chi connectivity index (χ3v) is 3.64. The number of nitrogen functional groups attached to an aromatic ring is 1. The number of aromatic nitrogens is 2. The predicted octanol–water partition coefficient (Wildman–Crippen LogP) is 1.69. The molecule has 1 aromatic carbocycles. The number of nitrogens with two attached hydrogens (primary N) is 1. The van der Waals surface area contributed by atoms with Crippen molar-refractivity contribution in [2.24, 2.45) is 0 Å². The average molecular weight is 269 g/mol. The van der Waals surface area contributed by atoms with Crippen LogP contribution in [0.5, 0.6) is 0 Å². The molecule has 1 aliphatic rings. The van der Waals surface area contributed by atoms with Gasteiger partial charge in [-0.05, 0) is 24.6 Å². The number of benzene rings is 1. The highest BCUT2D eigenvalue weighted by Gasteiger charge is 2.18. The Morgan fingerprint density at radius 2 is 1.75 bits per heavy atom. The predicted molar refractivity (Wildman–Crippen MR) is 82.0 cm³/mol. The van der Waals surface area contributed by atoms with E-state index in [9.17, 15) is 0 Å². The quantitative estimate of drug-likeness (QED) is 0.899. The average Bonchev–Trinajstić information content (AvgIpc) is 2.47. The molecule has 2 aromatic rings. The first kappa shape index (κ1) is 12.7. The number of hydrogen-bond donors (Lipinski definition) is 1. The topological polar surface area (TPSA) is 58.3 Å². The number of anilines is 3. The van der Waals surface area contributed by atoms with Crippen LogP contribution in [0.3, 0.4) is 0 Å². The molecule has 2 heterocycles. The summed E-state index contributed by atoms with van der Waals surface area (Å²) < 4.78 is 0. The van der Waals surface area contributed by atoms with Gasteiger partial charge in [0.05, 0.1) is 0 Å². The van der Waals surface area contributed by atoms with Gasteiger partial charge >= 0.3 is 0 Å². The molecule has 5 nitrogen and oxygen atoms in total. The highest BCUT2D eigenvalue weighted by Crippen LogP contribution is 2.20. The molecular weight excluding hydrogens is 250 g/mol. The molecular formula is C15H19N5. The summed E-state index contributed by atoms with van der Waals surface area (Å²) >= 11 is 0. The lowest BCUT2D eigenvalue weighted by Crippen LogP contribution is -2.46. The van der Waals surface area contributed by atoms with E-state index in [2.05, 4.69) is 51.0 Å². The first-order chi connectivity index (χ1) is 9.72. The van der Waals surface area contributed by atoms with Crippen LogP contribution in [-0.4, -0.2) is 36.1 Å². The molecule has 0 spiro atoms. The Bertz CT molecular complexity index is 537. The summed E-state index contributed by atoms with van der Waals surface area (Å²) in [7, 11) is 0. The van der Waals surface area contributed by atoms with E-state index in [1.807, 2.05) is 6.07 Å². The van der Waals surface area contributed by atoms with Crippen molar-refractivity contribution in [3.05, 3.63) is 42.2 Å². The van der Waals surface area contributed by atoms with E-state index in [0.29, 0.717) is 5.82 Å². The fraction of sp³-hybridized carbons (Fsp3) is 0.333. The number of hydrogen-bond acceptors (Lipinski definition) is 5. The minimum Gasteiger partial charge on any atom is -0.384 e. The second kappa shape index (κ2) is 5.36. The molecule has 0 amide bonds. The van der Waals surface area contributed by atoms with Gasteiger partial charge in [-0.3, -0.25) is 0 Å². The first-order valence-electron chi connectivity index (χ1n) is 6.86. The molecule has 0 radical (unpaired) electrons. The molecule has 1 saturated heterocycles. The smallest absolute Gasteiger partial charge is 0.134 e. The molecule has 0 saturated carbocycles. The minimum atomic E-state index is 0.524.